The molecule has 0 atom stereocenters. The largest absolute Gasteiger partial charge is 0.338 e. The summed E-state index contributed by atoms with van der Waals surface area (Å²) in [7, 11) is 2.00. The van der Waals surface area contributed by atoms with Gasteiger partial charge in [-0.05, 0) is 76.0 Å². The van der Waals surface area contributed by atoms with Crippen LogP contribution in [0, 0.1) is 12.8 Å². The van der Waals surface area contributed by atoms with Gasteiger partial charge in [-0.2, -0.15) is 0 Å². The van der Waals surface area contributed by atoms with Crippen molar-refractivity contribution in [2.24, 2.45) is 5.92 Å². The standard InChI is InChI=1S/C24H32N6OS/c1-4-30-15-12-18(13-16-30)11-14-25-23(31)28-24-26-20-9-10-21(27-22(20)32-24)29(3)19-7-5-17(2)6-8-19/h5-10,18H,4,11-16H2,1-3H3,(H2,25,26,28,31). The van der Waals surface area contributed by atoms with Crippen LogP contribution in [0.5, 0.6) is 0 Å². The number of fused-ring (bicyclic) bond motifs is 1. The first-order valence-corrected chi connectivity index (χ1v) is 12.2. The Balaban J connectivity index is 1.30. The van der Waals surface area contributed by atoms with Crippen molar-refractivity contribution in [2.45, 2.75) is 33.1 Å². The molecule has 0 spiro atoms. The molecule has 3 aromatic rings. The van der Waals surface area contributed by atoms with Crippen LogP contribution in [0.2, 0.25) is 0 Å². The zero-order valence-electron chi connectivity index (χ0n) is 19.1. The van der Waals surface area contributed by atoms with E-state index in [9.17, 15) is 4.79 Å². The van der Waals surface area contributed by atoms with Crippen LogP contribution in [0.3, 0.4) is 0 Å². The van der Waals surface area contributed by atoms with E-state index in [-0.39, 0.29) is 6.03 Å². The molecule has 7 nitrogen and oxygen atoms in total. The Hall–Kier alpha value is -2.71. The van der Waals surface area contributed by atoms with Crippen LogP contribution in [-0.2, 0) is 0 Å². The second-order valence-electron chi connectivity index (χ2n) is 8.45. The number of anilines is 3. The average Bonchev–Trinajstić information content (AvgIpc) is 3.21. The first-order valence-electron chi connectivity index (χ1n) is 11.4. The number of hydrogen-bond donors (Lipinski definition) is 2. The van der Waals surface area contributed by atoms with Crippen molar-refractivity contribution >= 4 is 44.4 Å². The first-order chi connectivity index (χ1) is 15.5. The number of nitrogens with one attached hydrogen (secondary N) is 2. The van der Waals surface area contributed by atoms with Gasteiger partial charge in [-0.15, -0.1) is 0 Å². The van der Waals surface area contributed by atoms with E-state index in [0.717, 1.165) is 34.8 Å². The topological polar surface area (TPSA) is 73.4 Å². The van der Waals surface area contributed by atoms with E-state index in [1.807, 2.05) is 24.1 Å². The number of aryl methyl sites for hydroxylation is 1. The predicted molar refractivity (Wildman–Crippen MR) is 133 cm³/mol. The lowest BCUT2D eigenvalue weighted by molar-refractivity contribution is 0.186. The second kappa shape index (κ2) is 10.3. The summed E-state index contributed by atoms with van der Waals surface area (Å²) < 4.78 is 0. The summed E-state index contributed by atoms with van der Waals surface area (Å²) in [6.07, 6.45) is 3.47. The highest BCUT2D eigenvalue weighted by Crippen LogP contribution is 2.29. The number of nitrogens with zero attached hydrogens (tertiary/aromatic N) is 4. The van der Waals surface area contributed by atoms with Gasteiger partial charge in [0.05, 0.1) is 0 Å². The zero-order chi connectivity index (χ0) is 22.5. The Morgan fingerprint density at radius 2 is 1.91 bits per heavy atom. The monoisotopic (exact) mass is 452 g/mol. The van der Waals surface area contributed by atoms with Crippen molar-refractivity contribution in [1.29, 1.82) is 0 Å². The molecule has 1 fully saturated rings. The van der Waals surface area contributed by atoms with Crippen molar-refractivity contribution in [2.75, 3.05) is 43.4 Å². The molecule has 170 valence electrons. The van der Waals surface area contributed by atoms with E-state index in [1.54, 1.807) is 0 Å². The summed E-state index contributed by atoms with van der Waals surface area (Å²) >= 11 is 1.39. The maximum Gasteiger partial charge on any atom is 0.321 e. The van der Waals surface area contributed by atoms with Gasteiger partial charge in [0.15, 0.2) is 5.13 Å². The number of likely N-dealkylation sites (tertiary alicyclic amines) is 1. The highest BCUT2D eigenvalue weighted by molar-refractivity contribution is 7.22. The quantitative estimate of drug-likeness (QED) is 0.527. The molecule has 0 unspecified atom stereocenters. The first kappa shape index (κ1) is 22.5. The van der Waals surface area contributed by atoms with Crippen molar-refractivity contribution in [3.63, 3.8) is 0 Å². The van der Waals surface area contributed by atoms with Gasteiger partial charge in [-0.25, -0.2) is 14.8 Å². The number of carbonyl (C=O) groups is 1. The van der Waals surface area contributed by atoms with Crippen molar-refractivity contribution in [3.8, 4) is 0 Å². The van der Waals surface area contributed by atoms with Crippen LogP contribution >= 0.6 is 11.3 Å². The number of pyridine rings is 1. The number of urea groups is 1. The van der Waals surface area contributed by atoms with Crippen LogP contribution in [0.1, 0.15) is 31.7 Å². The van der Waals surface area contributed by atoms with Crippen LogP contribution in [0.25, 0.3) is 10.3 Å². The molecule has 1 aliphatic heterocycles. The molecule has 1 saturated heterocycles. The minimum Gasteiger partial charge on any atom is -0.338 e. The molecule has 2 aromatic heterocycles. The molecule has 0 bridgehead atoms. The summed E-state index contributed by atoms with van der Waals surface area (Å²) in [5.41, 5.74) is 3.09. The van der Waals surface area contributed by atoms with Gasteiger partial charge in [-0.1, -0.05) is 36.0 Å². The van der Waals surface area contributed by atoms with E-state index in [4.69, 9.17) is 4.98 Å². The van der Waals surface area contributed by atoms with E-state index in [0.29, 0.717) is 17.6 Å². The fourth-order valence-corrected chi connectivity index (χ4v) is 4.90. The fraction of sp³-hybridized carbons (Fsp3) is 0.458. The number of rotatable bonds is 7. The Kier molecular flexibility index (Phi) is 7.22. The average molecular weight is 453 g/mol. The fourth-order valence-electron chi connectivity index (χ4n) is 4.07. The van der Waals surface area contributed by atoms with Gasteiger partial charge < -0.3 is 15.1 Å². The number of hydrogen-bond acceptors (Lipinski definition) is 6. The van der Waals surface area contributed by atoms with E-state index in [2.05, 4.69) is 58.6 Å². The van der Waals surface area contributed by atoms with Crippen LogP contribution in [-0.4, -0.2) is 54.1 Å². The third-order valence-electron chi connectivity index (χ3n) is 6.22. The molecule has 0 aliphatic carbocycles. The summed E-state index contributed by atoms with van der Waals surface area (Å²) in [6.45, 7) is 8.46. The van der Waals surface area contributed by atoms with Gasteiger partial charge >= 0.3 is 6.03 Å². The highest BCUT2D eigenvalue weighted by atomic mass is 32.1. The van der Waals surface area contributed by atoms with Crippen molar-refractivity contribution < 1.29 is 4.79 Å². The molecule has 0 radical (unpaired) electrons. The molecular weight excluding hydrogens is 420 g/mol. The van der Waals surface area contributed by atoms with E-state index in [1.165, 1.54) is 42.8 Å². The lowest BCUT2D eigenvalue weighted by Crippen LogP contribution is -2.35. The number of amides is 2. The lowest BCUT2D eigenvalue weighted by Gasteiger charge is -2.30. The minimum atomic E-state index is -0.202. The Morgan fingerprint density at radius 1 is 1.16 bits per heavy atom. The third-order valence-corrected chi connectivity index (χ3v) is 7.10. The Labute approximate surface area is 193 Å². The van der Waals surface area contributed by atoms with E-state index < -0.39 is 0 Å². The number of aromatic nitrogens is 2. The third kappa shape index (κ3) is 5.55. The molecule has 8 heteroatoms. The van der Waals surface area contributed by atoms with Crippen LogP contribution < -0.4 is 15.5 Å². The smallest absolute Gasteiger partial charge is 0.321 e. The molecule has 32 heavy (non-hydrogen) atoms. The highest BCUT2D eigenvalue weighted by Gasteiger charge is 2.18. The molecule has 4 rings (SSSR count). The molecule has 1 aromatic carbocycles. The number of benzene rings is 1. The maximum absolute atomic E-state index is 12.3. The molecule has 2 amide bonds. The van der Waals surface area contributed by atoms with Crippen LogP contribution in [0.4, 0.5) is 21.4 Å². The summed E-state index contributed by atoms with van der Waals surface area (Å²) in [5.74, 6) is 1.55. The lowest BCUT2D eigenvalue weighted by atomic mass is 9.93. The summed E-state index contributed by atoms with van der Waals surface area (Å²) in [6, 6.07) is 12.0. The maximum atomic E-state index is 12.3. The van der Waals surface area contributed by atoms with E-state index >= 15 is 0 Å². The summed E-state index contributed by atoms with van der Waals surface area (Å²) in [5, 5.41) is 6.41. The normalized spacial score (nSPS) is 15.1. The van der Waals surface area contributed by atoms with Gasteiger partial charge in [0.2, 0.25) is 0 Å². The Bertz CT molecular complexity index is 1040. The van der Waals surface area contributed by atoms with Gasteiger partial charge in [0.25, 0.3) is 0 Å². The van der Waals surface area contributed by atoms with Gasteiger partial charge in [0.1, 0.15) is 16.2 Å². The zero-order valence-corrected chi connectivity index (χ0v) is 19.9. The van der Waals surface area contributed by atoms with Crippen molar-refractivity contribution in [3.05, 3.63) is 42.0 Å². The number of piperidine rings is 1. The minimum absolute atomic E-state index is 0.202. The van der Waals surface area contributed by atoms with Crippen LogP contribution in [0.15, 0.2) is 36.4 Å². The summed E-state index contributed by atoms with van der Waals surface area (Å²) in [4.78, 5) is 26.9. The molecule has 1 aliphatic rings. The van der Waals surface area contributed by atoms with Crippen molar-refractivity contribution in [1.82, 2.24) is 20.2 Å². The number of thiazole rings is 1. The SMILES string of the molecule is CCN1CCC(CCNC(=O)Nc2nc3ccc(N(C)c4ccc(C)cc4)nc3s2)CC1. The number of carbonyl (C=O) groups excluding carboxylic acids is 1. The molecular formula is C24H32N6OS. The predicted octanol–water partition coefficient (Wildman–Crippen LogP) is 5.01. The Morgan fingerprint density at radius 3 is 2.62 bits per heavy atom. The molecule has 2 N–H and O–H groups in total. The molecule has 0 saturated carbocycles. The molecule has 3 heterocycles. The van der Waals surface area contributed by atoms with Gasteiger partial charge in [-0.3, -0.25) is 5.32 Å². The second-order valence-corrected chi connectivity index (χ2v) is 9.43. The van der Waals surface area contributed by atoms with Gasteiger partial charge in [0, 0.05) is 19.3 Å².